The highest BCUT2D eigenvalue weighted by molar-refractivity contribution is 9.10. The predicted molar refractivity (Wildman–Crippen MR) is 66.3 cm³/mol. The van der Waals surface area contributed by atoms with Crippen molar-refractivity contribution in [2.45, 2.75) is 26.4 Å². The van der Waals surface area contributed by atoms with Crippen molar-refractivity contribution in [3.63, 3.8) is 0 Å². The quantitative estimate of drug-likeness (QED) is 0.929. The van der Waals surface area contributed by atoms with Crippen LogP contribution in [0.2, 0.25) is 0 Å². The van der Waals surface area contributed by atoms with Crippen molar-refractivity contribution in [1.82, 2.24) is 4.98 Å². The number of carbonyl (C=O) groups is 1. The Morgan fingerprint density at radius 3 is 2.81 bits per heavy atom. The lowest BCUT2D eigenvalue weighted by Gasteiger charge is -2.18. The number of amides is 1. The molecular weight excluding hydrogens is 272 g/mol. The van der Waals surface area contributed by atoms with Gasteiger partial charge in [0, 0.05) is 10.7 Å². The third kappa shape index (κ3) is 5.23. The molecular formula is C11H15BrN2O2. The summed E-state index contributed by atoms with van der Waals surface area (Å²) in [6.45, 7) is 5.73. The monoisotopic (exact) mass is 286 g/mol. The normalized spacial score (nSPS) is 11.2. The zero-order valence-corrected chi connectivity index (χ0v) is 11.2. The number of nitrogens with zero attached hydrogens (tertiary/aromatic N) is 1. The van der Waals surface area contributed by atoms with Crippen LogP contribution in [0.25, 0.3) is 0 Å². The third-order valence-corrected chi connectivity index (χ3v) is 2.12. The van der Waals surface area contributed by atoms with Crippen molar-refractivity contribution in [2.24, 2.45) is 0 Å². The van der Waals surface area contributed by atoms with Gasteiger partial charge in [-0.3, -0.25) is 4.79 Å². The minimum atomic E-state index is -0.317. The second kappa shape index (κ2) is 5.41. The van der Waals surface area contributed by atoms with Gasteiger partial charge in [0.05, 0.1) is 5.60 Å². The van der Waals surface area contributed by atoms with Crippen LogP contribution in [0.5, 0.6) is 0 Å². The Labute approximate surface area is 104 Å². The minimum absolute atomic E-state index is 0.0255. The van der Waals surface area contributed by atoms with Crippen molar-refractivity contribution in [3.8, 4) is 0 Å². The molecule has 0 bridgehead atoms. The molecule has 1 amide bonds. The number of hydrogen-bond donors (Lipinski definition) is 1. The molecule has 0 radical (unpaired) electrons. The van der Waals surface area contributed by atoms with Crippen molar-refractivity contribution in [2.75, 3.05) is 11.9 Å². The van der Waals surface area contributed by atoms with E-state index < -0.39 is 0 Å². The second-order valence-corrected chi connectivity index (χ2v) is 5.22. The summed E-state index contributed by atoms with van der Waals surface area (Å²) < 4.78 is 6.21. The average molecular weight is 287 g/mol. The molecule has 0 unspecified atom stereocenters. The van der Waals surface area contributed by atoms with Crippen LogP contribution in [-0.4, -0.2) is 23.1 Å². The summed E-state index contributed by atoms with van der Waals surface area (Å²) in [5.41, 5.74) is -0.317. The van der Waals surface area contributed by atoms with E-state index in [-0.39, 0.29) is 18.1 Å². The molecule has 1 aromatic heterocycles. The topological polar surface area (TPSA) is 51.2 Å². The number of nitrogens with one attached hydrogen (secondary N) is 1. The SMILES string of the molecule is CC(C)(C)OCC(=O)Nc1cc(Br)ccn1. The number of ether oxygens (including phenoxy) is 1. The molecule has 1 heterocycles. The van der Waals surface area contributed by atoms with Gasteiger partial charge in [0.25, 0.3) is 5.91 Å². The molecule has 16 heavy (non-hydrogen) atoms. The number of aromatic nitrogens is 1. The fourth-order valence-electron chi connectivity index (χ4n) is 0.934. The van der Waals surface area contributed by atoms with Gasteiger partial charge in [0.15, 0.2) is 0 Å². The molecule has 1 rings (SSSR count). The fourth-order valence-corrected chi connectivity index (χ4v) is 1.27. The van der Waals surface area contributed by atoms with Gasteiger partial charge in [-0.05, 0) is 32.9 Å². The van der Waals surface area contributed by atoms with E-state index in [4.69, 9.17) is 4.74 Å². The molecule has 88 valence electrons. The van der Waals surface area contributed by atoms with E-state index >= 15 is 0 Å². The Morgan fingerprint density at radius 2 is 2.25 bits per heavy atom. The first-order chi connectivity index (χ1) is 7.37. The highest BCUT2D eigenvalue weighted by atomic mass is 79.9. The lowest BCUT2D eigenvalue weighted by atomic mass is 10.2. The zero-order valence-electron chi connectivity index (χ0n) is 9.58. The van der Waals surface area contributed by atoms with E-state index in [0.717, 1.165) is 4.47 Å². The highest BCUT2D eigenvalue weighted by Crippen LogP contribution is 2.13. The van der Waals surface area contributed by atoms with Crippen LogP contribution in [0, 0.1) is 0 Å². The maximum absolute atomic E-state index is 11.5. The molecule has 5 heteroatoms. The van der Waals surface area contributed by atoms with Crippen LogP contribution in [0.4, 0.5) is 5.82 Å². The van der Waals surface area contributed by atoms with Gasteiger partial charge in [0.2, 0.25) is 0 Å². The van der Waals surface area contributed by atoms with Gasteiger partial charge >= 0.3 is 0 Å². The summed E-state index contributed by atoms with van der Waals surface area (Å²) in [4.78, 5) is 15.5. The van der Waals surface area contributed by atoms with Gasteiger partial charge < -0.3 is 10.1 Å². The van der Waals surface area contributed by atoms with Gasteiger partial charge in [-0.1, -0.05) is 15.9 Å². The van der Waals surface area contributed by atoms with Crippen LogP contribution in [-0.2, 0) is 9.53 Å². The van der Waals surface area contributed by atoms with Crippen LogP contribution in [0.1, 0.15) is 20.8 Å². The first-order valence-corrected chi connectivity index (χ1v) is 5.71. The van der Waals surface area contributed by atoms with Crippen molar-refractivity contribution >= 4 is 27.7 Å². The molecule has 0 aliphatic rings. The standard InChI is InChI=1S/C11H15BrN2O2/c1-11(2,3)16-7-10(15)14-9-6-8(12)4-5-13-9/h4-6H,7H2,1-3H3,(H,13,14,15). The number of carbonyl (C=O) groups excluding carboxylic acids is 1. The van der Waals surface area contributed by atoms with Crippen molar-refractivity contribution in [3.05, 3.63) is 22.8 Å². The molecule has 0 aliphatic carbocycles. The Kier molecular flexibility index (Phi) is 4.44. The first-order valence-electron chi connectivity index (χ1n) is 4.92. The average Bonchev–Trinajstić information content (AvgIpc) is 2.14. The summed E-state index contributed by atoms with van der Waals surface area (Å²) in [5.74, 6) is 0.303. The minimum Gasteiger partial charge on any atom is -0.366 e. The highest BCUT2D eigenvalue weighted by Gasteiger charge is 2.13. The Bertz CT molecular complexity index is 374. The fraction of sp³-hybridized carbons (Fsp3) is 0.455. The van der Waals surface area contributed by atoms with E-state index in [1.54, 1.807) is 18.3 Å². The summed E-state index contributed by atoms with van der Waals surface area (Å²) in [7, 11) is 0. The molecule has 0 atom stereocenters. The Balaban J connectivity index is 2.46. The smallest absolute Gasteiger partial charge is 0.251 e. The molecule has 0 fully saturated rings. The van der Waals surface area contributed by atoms with E-state index in [0.29, 0.717) is 5.82 Å². The predicted octanol–water partition coefficient (Wildman–Crippen LogP) is 2.60. The largest absolute Gasteiger partial charge is 0.366 e. The summed E-state index contributed by atoms with van der Waals surface area (Å²) in [5, 5.41) is 2.65. The van der Waals surface area contributed by atoms with Crippen LogP contribution < -0.4 is 5.32 Å². The Hall–Kier alpha value is -0.940. The summed E-state index contributed by atoms with van der Waals surface area (Å²) >= 11 is 3.30. The number of anilines is 1. The van der Waals surface area contributed by atoms with E-state index in [2.05, 4.69) is 26.2 Å². The number of rotatable bonds is 3. The van der Waals surface area contributed by atoms with E-state index in [9.17, 15) is 4.79 Å². The first kappa shape index (κ1) is 13.1. The molecule has 1 aromatic rings. The molecule has 0 saturated carbocycles. The van der Waals surface area contributed by atoms with Gasteiger partial charge in [-0.2, -0.15) is 0 Å². The Morgan fingerprint density at radius 1 is 1.56 bits per heavy atom. The number of halogens is 1. The van der Waals surface area contributed by atoms with Crippen LogP contribution in [0.15, 0.2) is 22.8 Å². The van der Waals surface area contributed by atoms with Gasteiger partial charge in [-0.25, -0.2) is 4.98 Å². The maximum atomic E-state index is 11.5. The summed E-state index contributed by atoms with van der Waals surface area (Å²) in [6, 6.07) is 3.52. The van der Waals surface area contributed by atoms with Crippen molar-refractivity contribution < 1.29 is 9.53 Å². The number of pyridine rings is 1. The lowest BCUT2D eigenvalue weighted by Crippen LogP contribution is -2.27. The zero-order chi connectivity index (χ0) is 12.2. The molecule has 4 nitrogen and oxygen atoms in total. The maximum Gasteiger partial charge on any atom is 0.251 e. The van der Waals surface area contributed by atoms with Crippen molar-refractivity contribution in [1.29, 1.82) is 0 Å². The molecule has 0 aliphatic heterocycles. The van der Waals surface area contributed by atoms with Crippen LogP contribution >= 0.6 is 15.9 Å². The van der Waals surface area contributed by atoms with Gasteiger partial charge in [-0.15, -0.1) is 0 Å². The lowest BCUT2D eigenvalue weighted by molar-refractivity contribution is -0.125. The molecule has 0 aromatic carbocycles. The number of hydrogen-bond acceptors (Lipinski definition) is 3. The van der Waals surface area contributed by atoms with Crippen LogP contribution in [0.3, 0.4) is 0 Å². The molecule has 0 spiro atoms. The van der Waals surface area contributed by atoms with Gasteiger partial charge in [0.1, 0.15) is 12.4 Å². The van der Waals surface area contributed by atoms with E-state index in [1.807, 2.05) is 20.8 Å². The third-order valence-electron chi connectivity index (χ3n) is 1.63. The second-order valence-electron chi connectivity index (χ2n) is 4.31. The summed E-state index contributed by atoms with van der Waals surface area (Å²) in [6.07, 6.45) is 1.62. The molecule has 1 N–H and O–H groups in total. The molecule has 0 saturated heterocycles. The van der Waals surface area contributed by atoms with E-state index in [1.165, 1.54) is 0 Å².